The number of likely N-dealkylation sites (N-methyl/N-ethyl adjacent to an activating group) is 1. The molecular weight excluding hydrogens is 262 g/mol. The van der Waals surface area contributed by atoms with Crippen LogP contribution in [0.4, 0.5) is 11.4 Å². The number of carbonyl (C=O) groups is 2. The van der Waals surface area contributed by atoms with Crippen molar-refractivity contribution >= 4 is 23.1 Å². The number of benzene rings is 1. The molecule has 1 aromatic rings. The lowest BCUT2D eigenvalue weighted by Gasteiger charge is -2.17. The highest BCUT2D eigenvalue weighted by Crippen LogP contribution is 2.32. The van der Waals surface area contributed by atoms with Crippen LogP contribution in [-0.4, -0.2) is 36.8 Å². The lowest BCUT2D eigenvalue weighted by Crippen LogP contribution is -2.33. The summed E-state index contributed by atoms with van der Waals surface area (Å²) < 4.78 is 0. The Kier molecular flexibility index (Phi) is 3.62. The smallest absolute Gasteiger partial charge is 0.299 e. The zero-order valence-corrected chi connectivity index (χ0v) is 10.9. The molecule has 1 aromatic carbocycles. The van der Waals surface area contributed by atoms with Gasteiger partial charge in [0.25, 0.3) is 17.4 Å². The van der Waals surface area contributed by atoms with Crippen LogP contribution in [0.3, 0.4) is 0 Å². The Morgan fingerprint density at radius 2 is 2.15 bits per heavy atom. The molecule has 7 nitrogen and oxygen atoms in total. The minimum atomic E-state index is -0.721. The van der Waals surface area contributed by atoms with Crippen LogP contribution in [0.15, 0.2) is 30.4 Å². The van der Waals surface area contributed by atoms with Crippen LogP contribution < -0.4 is 10.2 Å². The van der Waals surface area contributed by atoms with E-state index in [-0.39, 0.29) is 17.8 Å². The summed E-state index contributed by atoms with van der Waals surface area (Å²) in [6.45, 7) is 4.53. The number of hydrogen-bond acceptors (Lipinski definition) is 5. The molecule has 0 spiro atoms. The average molecular weight is 275 g/mol. The van der Waals surface area contributed by atoms with Crippen molar-refractivity contribution in [1.29, 1.82) is 0 Å². The zero-order valence-electron chi connectivity index (χ0n) is 10.9. The molecule has 0 fully saturated rings. The van der Waals surface area contributed by atoms with Crippen molar-refractivity contribution in [2.75, 3.05) is 25.0 Å². The molecule has 0 atom stereocenters. The van der Waals surface area contributed by atoms with Gasteiger partial charge in [-0.15, -0.1) is 0 Å². The summed E-state index contributed by atoms with van der Waals surface area (Å²) in [5, 5.41) is 13.6. The summed E-state index contributed by atoms with van der Waals surface area (Å²) in [7, 11) is 1.75. The normalized spacial score (nSPS) is 13.6. The number of nitro groups is 1. The van der Waals surface area contributed by atoms with Crippen LogP contribution in [0.25, 0.3) is 0 Å². The third-order valence-corrected chi connectivity index (χ3v) is 2.97. The Morgan fingerprint density at radius 3 is 2.75 bits per heavy atom. The predicted molar refractivity (Wildman–Crippen MR) is 72.8 cm³/mol. The molecule has 0 saturated heterocycles. The molecule has 104 valence electrons. The first-order valence-electron chi connectivity index (χ1n) is 5.91. The topological polar surface area (TPSA) is 92.6 Å². The number of non-ortho nitro benzene ring substituents is 1. The van der Waals surface area contributed by atoms with Gasteiger partial charge in [-0.05, 0) is 18.7 Å². The van der Waals surface area contributed by atoms with E-state index in [0.717, 1.165) is 11.6 Å². The Bertz CT molecular complexity index is 624. The highest BCUT2D eigenvalue weighted by molar-refractivity contribution is 6.52. The largest absolute Gasteiger partial charge is 0.316 e. The van der Waals surface area contributed by atoms with Crippen molar-refractivity contribution in [3.63, 3.8) is 0 Å². The minimum Gasteiger partial charge on any atom is -0.316 e. The zero-order chi connectivity index (χ0) is 14.9. The van der Waals surface area contributed by atoms with Gasteiger partial charge >= 0.3 is 0 Å². The standard InChI is InChI=1S/C13H13N3O4/c1-8(6-14-2)7-15-11-4-3-9(16(19)20)5-10(11)12(17)13(15)18/h3-5,14H,1,6-7H2,2H3. The van der Waals surface area contributed by atoms with E-state index in [0.29, 0.717) is 12.2 Å². The fourth-order valence-corrected chi connectivity index (χ4v) is 2.09. The number of anilines is 1. The number of Topliss-reactive ketones (excluding diaryl/α,β-unsaturated/α-hetero) is 1. The van der Waals surface area contributed by atoms with Gasteiger partial charge < -0.3 is 10.2 Å². The van der Waals surface area contributed by atoms with Crippen molar-refractivity contribution in [3.05, 3.63) is 46.0 Å². The maximum atomic E-state index is 11.9. The van der Waals surface area contributed by atoms with Gasteiger partial charge in [0.15, 0.2) is 0 Å². The van der Waals surface area contributed by atoms with Gasteiger partial charge in [0.2, 0.25) is 0 Å². The third-order valence-electron chi connectivity index (χ3n) is 2.97. The summed E-state index contributed by atoms with van der Waals surface area (Å²) in [4.78, 5) is 35.2. The molecule has 2 rings (SSSR count). The van der Waals surface area contributed by atoms with Gasteiger partial charge in [0.05, 0.1) is 16.2 Å². The summed E-state index contributed by atoms with van der Waals surface area (Å²) in [6, 6.07) is 3.83. The van der Waals surface area contributed by atoms with Crippen LogP contribution >= 0.6 is 0 Å². The fourth-order valence-electron chi connectivity index (χ4n) is 2.09. The van der Waals surface area contributed by atoms with E-state index in [4.69, 9.17) is 0 Å². The van der Waals surface area contributed by atoms with E-state index in [1.165, 1.54) is 17.0 Å². The van der Waals surface area contributed by atoms with E-state index in [1.807, 2.05) is 0 Å². The third kappa shape index (κ3) is 2.30. The highest BCUT2D eigenvalue weighted by atomic mass is 16.6. The Labute approximate surface area is 115 Å². The number of amides is 1. The van der Waals surface area contributed by atoms with Crippen molar-refractivity contribution in [2.24, 2.45) is 0 Å². The number of nitro benzene ring substituents is 1. The summed E-state index contributed by atoms with van der Waals surface area (Å²) in [6.07, 6.45) is 0. The van der Waals surface area contributed by atoms with Crippen LogP contribution in [-0.2, 0) is 4.79 Å². The van der Waals surface area contributed by atoms with Gasteiger partial charge in [-0.2, -0.15) is 0 Å². The van der Waals surface area contributed by atoms with E-state index < -0.39 is 16.6 Å². The van der Waals surface area contributed by atoms with Crippen LogP contribution in [0, 0.1) is 10.1 Å². The predicted octanol–water partition coefficient (Wildman–Crippen LogP) is 0.900. The van der Waals surface area contributed by atoms with Gasteiger partial charge in [-0.1, -0.05) is 6.58 Å². The number of nitrogens with one attached hydrogen (secondary N) is 1. The molecule has 1 N–H and O–H groups in total. The van der Waals surface area contributed by atoms with Crippen molar-refractivity contribution in [1.82, 2.24) is 5.32 Å². The number of nitrogens with zero attached hydrogens (tertiary/aromatic N) is 2. The van der Waals surface area contributed by atoms with Gasteiger partial charge in [0.1, 0.15) is 0 Å². The molecule has 0 aromatic heterocycles. The maximum Gasteiger partial charge on any atom is 0.299 e. The molecular formula is C13H13N3O4. The lowest BCUT2D eigenvalue weighted by atomic mass is 10.1. The Hall–Kier alpha value is -2.54. The molecule has 7 heteroatoms. The quantitative estimate of drug-likeness (QED) is 0.373. The van der Waals surface area contributed by atoms with E-state index >= 15 is 0 Å². The second-order valence-corrected chi connectivity index (χ2v) is 4.46. The Morgan fingerprint density at radius 1 is 1.45 bits per heavy atom. The monoisotopic (exact) mass is 275 g/mol. The fraction of sp³-hybridized carbons (Fsp3) is 0.231. The molecule has 1 aliphatic heterocycles. The molecule has 0 radical (unpaired) electrons. The molecule has 0 saturated carbocycles. The van der Waals surface area contributed by atoms with Gasteiger partial charge in [-0.25, -0.2) is 0 Å². The molecule has 0 aliphatic carbocycles. The number of carbonyl (C=O) groups excluding carboxylic acids is 2. The number of ketones is 1. The molecule has 20 heavy (non-hydrogen) atoms. The SMILES string of the molecule is C=C(CNC)CN1C(=O)C(=O)c2cc([N+](=O)[O-])ccc21. The van der Waals surface area contributed by atoms with Crippen molar-refractivity contribution in [3.8, 4) is 0 Å². The highest BCUT2D eigenvalue weighted by Gasteiger charge is 2.36. The second-order valence-electron chi connectivity index (χ2n) is 4.46. The van der Waals surface area contributed by atoms with Crippen LogP contribution in [0.2, 0.25) is 0 Å². The number of fused-ring (bicyclic) bond motifs is 1. The van der Waals surface area contributed by atoms with Crippen molar-refractivity contribution in [2.45, 2.75) is 0 Å². The maximum absolute atomic E-state index is 11.9. The van der Waals surface area contributed by atoms with E-state index in [9.17, 15) is 19.7 Å². The molecule has 1 amide bonds. The average Bonchev–Trinajstić information content (AvgIpc) is 2.64. The molecule has 1 heterocycles. The number of hydrogen-bond donors (Lipinski definition) is 1. The second kappa shape index (κ2) is 5.22. The summed E-state index contributed by atoms with van der Waals surface area (Å²) >= 11 is 0. The van der Waals surface area contributed by atoms with E-state index in [2.05, 4.69) is 11.9 Å². The minimum absolute atomic E-state index is 0.0708. The van der Waals surface area contributed by atoms with E-state index in [1.54, 1.807) is 7.05 Å². The lowest BCUT2D eigenvalue weighted by molar-refractivity contribution is -0.384. The van der Waals surface area contributed by atoms with Crippen LogP contribution in [0.5, 0.6) is 0 Å². The Balaban J connectivity index is 2.36. The molecule has 0 bridgehead atoms. The summed E-state index contributed by atoms with van der Waals surface area (Å²) in [5.74, 6) is -1.40. The summed E-state index contributed by atoms with van der Waals surface area (Å²) in [5.41, 5.74) is 0.991. The first-order valence-corrected chi connectivity index (χ1v) is 5.91. The van der Waals surface area contributed by atoms with Gasteiger partial charge in [-0.3, -0.25) is 19.7 Å². The van der Waals surface area contributed by atoms with Gasteiger partial charge in [0, 0.05) is 25.2 Å². The first-order chi connectivity index (χ1) is 9.45. The first kappa shape index (κ1) is 13.9. The van der Waals surface area contributed by atoms with Crippen LogP contribution in [0.1, 0.15) is 10.4 Å². The molecule has 0 unspecified atom stereocenters. The molecule has 1 aliphatic rings. The van der Waals surface area contributed by atoms with Crippen molar-refractivity contribution < 1.29 is 14.5 Å². The number of rotatable bonds is 5.